The highest BCUT2D eigenvalue weighted by molar-refractivity contribution is 7.89. The smallest absolute Gasteiger partial charge is 0.242 e. The van der Waals surface area contributed by atoms with Crippen molar-refractivity contribution in [3.8, 4) is 0 Å². The van der Waals surface area contributed by atoms with E-state index >= 15 is 0 Å². The SMILES string of the molecule is CN(C)S(=O)(=O)c1ccc(NCC2CCCN2)cc1. The van der Waals surface area contributed by atoms with Gasteiger partial charge in [0.15, 0.2) is 0 Å². The van der Waals surface area contributed by atoms with Crippen LogP contribution in [0.3, 0.4) is 0 Å². The Kier molecular flexibility index (Phi) is 4.44. The van der Waals surface area contributed by atoms with E-state index < -0.39 is 10.0 Å². The maximum absolute atomic E-state index is 11.9. The highest BCUT2D eigenvalue weighted by Crippen LogP contribution is 2.17. The van der Waals surface area contributed by atoms with Crippen molar-refractivity contribution in [3.05, 3.63) is 24.3 Å². The topological polar surface area (TPSA) is 61.4 Å². The Balaban J connectivity index is 1.98. The van der Waals surface area contributed by atoms with Crippen LogP contribution in [0.1, 0.15) is 12.8 Å². The van der Waals surface area contributed by atoms with Crippen LogP contribution >= 0.6 is 0 Å². The second-order valence-electron chi connectivity index (χ2n) is 4.99. The van der Waals surface area contributed by atoms with Crippen LogP contribution in [0.2, 0.25) is 0 Å². The van der Waals surface area contributed by atoms with Gasteiger partial charge in [-0.05, 0) is 43.7 Å². The second-order valence-corrected chi connectivity index (χ2v) is 7.14. The van der Waals surface area contributed by atoms with Gasteiger partial charge in [0, 0.05) is 32.4 Å². The number of hydrogen-bond donors (Lipinski definition) is 2. The van der Waals surface area contributed by atoms with Crippen LogP contribution in [0.25, 0.3) is 0 Å². The van der Waals surface area contributed by atoms with E-state index in [2.05, 4.69) is 10.6 Å². The zero-order valence-corrected chi connectivity index (χ0v) is 12.2. The molecular formula is C13H21N3O2S. The quantitative estimate of drug-likeness (QED) is 0.849. The molecule has 19 heavy (non-hydrogen) atoms. The number of sulfonamides is 1. The molecule has 1 aromatic rings. The second kappa shape index (κ2) is 5.90. The molecule has 0 saturated carbocycles. The van der Waals surface area contributed by atoms with E-state index in [0.29, 0.717) is 10.9 Å². The predicted molar refractivity (Wildman–Crippen MR) is 76.8 cm³/mol. The van der Waals surface area contributed by atoms with Crippen LogP contribution in [0.5, 0.6) is 0 Å². The van der Waals surface area contributed by atoms with Gasteiger partial charge in [-0.3, -0.25) is 0 Å². The summed E-state index contributed by atoms with van der Waals surface area (Å²) in [5, 5.41) is 6.74. The first-order valence-electron chi connectivity index (χ1n) is 6.50. The van der Waals surface area contributed by atoms with Gasteiger partial charge < -0.3 is 10.6 Å². The first-order valence-corrected chi connectivity index (χ1v) is 7.94. The summed E-state index contributed by atoms with van der Waals surface area (Å²) < 4.78 is 25.0. The average molecular weight is 283 g/mol. The van der Waals surface area contributed by atoms with Crippen LogP contribution in [0, 0.1) is 0 Å². The third kappa shape index (κ3) is 3.46. The molecule has 1 fully saturated rings. The van der Waals surface area contributed by atoms with E-state index in [0.717, 1.165) is 18.8 Å². The fraction of sp³-hybridized carbons (Fsp3) is 0.538. The van der Waals surface area contributed by atoms with Gasteiger partial charge in [0.05, 0.1) is 4.90 Å². The number of benzene rings is 1. The molecule has 0 aromatic heterocycles. The highest BCUT2D eigenvalue weighted by Gasteiger charge is 2.17. The minimum Gasteiger partial charge on any atom is -0.383 e. The third-order valence-electron chi connectivity index (χ3n) is 3.35. The predicted octanol–water partition coefficient (Wildman–Crippen LogP) is 1.10. The van der Waals surface area contributed by atoms with Crippen molar-refractivity contribution >= 4 is 15.7 Å². The summed E-state index contributed by atoms with van der Waals surface area (Å²) >= 11 is 0. The number of nitrogens with one attached hydrogen (secondary N) is 2. The van der Waals surface area contributed by atoms with E-state index in [1.165, 1.54) is 31.2 Å². The summed E-state index contributed by atoms with van der Waals surface area (Å²) in [5.41, 5.74) is 0.950. The fourth-order valence-corrected chi connectivity index (χ4v) is 3.03. The standard InChI is InChI=1S/C13H21N3O2S/c1-16(2)19(17,18)13-7-5-11(6-8-13)15-10-12-4-3-9-14-12/h5-8,12,14-15H,3-4,9-10H2,1-2H3. The minimum atomic E-state index is -3.33. The molecule has 0 amide bonds. The largest absolute Gasteiger partial charge is 0.383 e. The Morgan fingerprint density at radius 2 is 2.00 bits per heavy atom. The van der Waals surface area contributed by atoms with Crippen LogP contribution in [0.4, 0.5) is 5.69 Å². The van der Waals surface area contributed by atoms with Gasteiger partial charge in [0.25, 0.3) is 0 Å². The van der Waals surface area contributed by atoms with E-state index in [4.69, 9.17) is 0 Å². The van der Waals surface area contributed by atoms with Gasteiger partial charge in [-0.2, -0.15) is 0 Å². The molecule has 0 bridgehead atoms. The Hall–Kier alpha value is -1.11. The lowest BCUT2D eigenvalue weighted by Gasteiger charge is -2.14. The molecule has 1 aliphatic heterocycles. The van der Waals surface area contributed by atoms with E-state index in [1.807, 2.05) is 12.1 Å². The molecule has 5 nitrogen and oxygen atoms in total. The number of rotatable bonds is 5. The lowest BCUT2D eigenvalue weighted by atomic mass is 10.2. The molecule has 1 heterocycles. The molecule has 0 aliphatic carbocycles. The fourth-order valence-electron chi connectivity index (χ4n) is 2.13. The van der Waals surface area contributed by atoms with E-state index in [9.17, 15) is 8.42 Å². The van der Waals surface area contributed by atoms with E-state index in [1.54, 1.807) is 12.1 Å². The molecule has 2 N–H and O–H groups in total. The first kappa shape index (κ1) is 14.3. The zero-order chi connectivity index (χ0) is 13.9. The van der Waals surface area contributed by atoms with Crippen LogP contribution in [-0.4, -0.2) is 45.9 Å². The van der Waals surface area contributed by atoms with Crippen molar-refractivity contribution in [1.82, 2.24) is 9.62 Å². The molecule has 6 heteroatoms. The summed E-state index contributed by atoms with van der Waals surface area (Å²) in [6.07, 6.45) is 2.42. The highest BCUT2D eigenvalue weighted by atomic mass is 32.2. The van der Waals surface area contributed by atoms with Gasteiger partial charge in [-0.15, -0.1) is 0 Å². The van der Waals surface area contributed by atoms with Gasteiger partial charge >= 0.3 is 0 Å². The van der Waals surface area contributed by atoms with Gasteiger partial charge in [-0.1, -0.05) is 0 Å². The summed E-state index contributed by atoms with van der Waals surface area (Å²) in [4.78, 5) is 0.321. The maximum atomic E-state index is 11.9. The number of nitrogens with zero attached hydrogens (tertiary/aromatic N) is 1. The molecule has 106 valence electrons. The molecule has 1 atom stereocenters. The maximum Gasteiger partial charge on any atom is 0.242 e. The molecular weight excluding hydrogens is 262 g/mol. The van der Waals surface area contributed by atoms with E-state index in [-0.39, 0.29) is 0 Å². The summed E-state index contributed by atoms with van der Waals surface area (Å²) in [6, 6.07) is 7.42. The molecule has 1 aliphatic rings. The Labute approximate surface area is 115 Å². The third-order valence-corrected chi connectivity index (χ3v) is 5.18. The number of hydrogen-bond acceptors (Lipinski definition) is 4. The molecule has 1 aromatic carbocycles. The van der Waals surface area contributed by atoms with Gasteiger partial charge in [-0.25, -0.2) is 12.7 Å². The number of anilines is 1. The Bertz CT molecular complexity index is 505. The van der Waals surface area contributed by atoms with Gasteiger partial charge in [0.2, 0.25) is 10.0 Å². The minimum absolute atomic E-state index is 0.321. The molecule has 1 unspecified atom stereocenters. The Morgan fingerprint density at radius 1 is 1.32 bits per heavy atom. The molecule has 2 rings (SSSR count). The first-order chi connectivity index (χ1) is 9.00. The van der Waals surface area contributed by atoms with Crippen LogP contribution in [0.15, 0.2) is 29.2 Å². The van der Waals surface area contributed by atoms with Gasteiger partial charge in [0.1, 0.15) is 0 Å². The van der Waals surface area contributed by atoms with Crippen molar-refractivity contribution in [2.75, 3.05) is 32.5 Å². The summed E-state index contributed by atoms with van der Waals surface area (Å²) in [5.74, 6) is 0. The van der Waals surface area contributed by atoms with Crippen molar-refractivity contribution < 1.29 is 8.42 Å². The van der Waals surface area contributed by atoms with Crippen molar-refractivity contribution in [2.45, 2.75) is 23.8 Å². The monoisotopic (exact) mass is 283 g/mol. The zero-order valence-electron chi connectivity index (χ0n) is 11.4. The normalized spacial score (nSPS) is 19.8. The lowest BCUT2D eigenvalue weighted by Crippen LogP contribution is -2.29. The van der Waals surface area contributed by atoms with Crippen molar-refractivity contribution in [1.29, 1.82) is 0 Å². The summed E-state index contributed by atoms with van der Waals surface area (Å²) in [7, 11) is -0.261. The van der Waals surface area contributed by atoms with Crippen LogP contribution in [-0.2, 0) is 10.0 Å². The Morgan fingerprint density at radius 3 is 2.53 bits per heavy atom. The van der Waals surface area contributed by atoms with Crippen molar-refractivity contribution in [3.63, 3.8) is 0 Å². The average Bonchev–Trinajstić information content (AvgIpc) is 2.90. The molecule has 0 spiro atoms. The van der Waals surface area contributed by atoms with Crippen molar-refractivity contribution in [2.24, 2.45) is 0 Å². The lowest BCUT2D eigenvalue weighted by molar-refractivity contribution is 0.521. The molecule has 1 saturated heterocycles. The summed E-state index contributed by atoms with van der Waals surface area (Å²) in [6.45, 7) is 1.96. The molecule has 0 radical (unpaired) electrons. The van der Waals surface area contributed by atoms with Crippen LogP contribution < -0.4 is 10.6 Å².